The fourth-order valence-electron chi connectivity index (χ4n) is 4.69. The fraction of sp³-hybridized carbons (Fsp3) is 0.581. The molecule has 1 saturated heterocycles. The van der Waals surface area contributed by atoms with E-state index in [1.807, 2.05) is 9.80 Å². The van der Waals surface area contributed by atoms with Crippen LogP contribution in [0, 0.1) is 17.6 Å². The molecule has 226 valence electrons. The average molecular weight is 573 g/mol. The van der Waals surface area contributed by atoms with Gasteiger partial charge in [0, 0.05) is 38.3 Å². The van der Waals surface area contributed by atoms with Gasteiger partial charge in [0.15, 0.2) is 11.6 Å². The lowest BCUT2D eigenvalue weighted by atomic mass is 9.98. The molecule has 0 bridgehead atoms. The van der Waals surface area contributed by atoms with E-state index >= 15 is 0 Å². The summed E-state index contributed by atoms with van der Waals surface area (Å²) < 4.78 is 27.4. The molecule has 3 aromatic rings. The molecule has 2 unspecified atom stereocenters. The molecule has 1 aromatic carbocycles. The van der Waals surface area contributed by atoms with Crippen LogP contribution in [-0.2, 0) is 6.54 Å². The molecule has 2 atom stereocenters. The zero-order valence-electron chi connectivity index (χ0n) is 25.1. The third kappa shape index (κ3) is 9.28. The third-order valence-corrected chi connectivity index (χ3v) is 7.60. The van der Waals surface area contributed by atoms with Crippen LogP contribution >= 0.6 is 0 Å². The molecule has 0 saturated carbocycles. The van der Waals surface area contributed by atoms with Gasteiger partial charge in [-0.2, -0.15) is 0 Å². The van der Waals surface area contributed by atoms with Crippen molar-refractivity contribution in [1.29, 1.82) is 0 Å². The number of benzene rings is 1. The molecule has 0 amide bonds. The number of hydrogen-bond donors (Lipinski definition) is 3. The van der Waals surface area contributed by atoms with E-state index < -0.39 is 23.3 Å². The second kappa shape index (κ2) is 14.8. The van der Waals surface area contributed by atoms with E-state index in [1.54, 1.807) is 6.07 Å². The fourth-order valence-corrected chi connectivity index (χ4v) is 4.69. The number of aromatic nitrogens is 3. The van der Waals surface area contributed by atoms with Gasteiger partial charge >= 0.3 is 0 Å². The molecule has 41 heavy (non-hydrogen) atoms. The van der Waals surface area contributed by atoms with Crippen LogP contribution in [0.15, 0.2) is 30.5 Å². The number of piperazine rings is 1. The number of halogens is 2. The van der Waals surface area contributed by atoms with Gasteiger partial charge in [-0.05, 0) is 44.0 Å². The lowest BCUT2D eigenvalue weighted by Crippen LogP contribution is -2.46. The molecule has 1 fully saturated rings. The van der Waals surface area contributed by atoms with E-state index in [9.17, 15) is 19.0 Å². The summed E-state index contributed by atoms with van der Waals surface area (Å²) in [6.07, 6.45) is 7.29. The van der Waals surface area contributed by atoms with E-state index in [-0.39, 0.29) is 11.5 Å². The highest BCUT2D eigenvalue weighted by molar-refractivity contribution is 5.79. The molecule has 4 rings (SSSR count). The lowest BCUT2D eigenvalue weighted by Gasteiger charge is -2.35. The average Bonchev–Trinajstić information content (AvgIpc) is 2.94. The Bertz CT molecular complexity index is 1260. The van der Waals surface area contributed by atoms with Gasteiger partial charge in [0.1, 0.15) is 23.3 Å². The minimum Gasteiger partial charge on any atom is -0.387 e. The molecule has 2 aromatic heterocycles. The number of nitrogen functional groups attached to an aromatic ring is 1. The molecular formula is C31H46F2N6O2. The molecule has 1 aliphatic heterocycles. The first-order valence-corrected chi connectivity index (χ1v) is 14.7. The SMILES string of the molecule is CC(C)(O)C(O)c1cc2nc(N3CCN(Cc4cc(F)ccc4F)CC3)c(N)nc2cn1.CCCCCC(C)CC. The Morgan fingerprint density at radius 2 is 1.73 bits per heavy atom. The first kappa shape index (κ1) is 32.6. The van der Waals surface area contributed by atoms with Crippen LogP contribution in [0.4, 0.5) is 20.4 Å². The second-order valence-electron chi connectivity index (χ2n) is 11.6. The largest absolute Gasteiger partial charge is 0.387 e. The quantitative estimate of drug-likeness (QED) is 0.268. The predicted octanol–water partition coefficient (Wildman–Crippen LogP) is 5.62. The van der Waals surface area contributed by atoms with Crippen LogP contribution in [0.2, 0.25) is 0 Å². The second-order valence-corrected chi connectivity index (χ2v) is 11.6. The van der Waals surface area contributed by atoms with Crippen LogP contribution in [0.3, 0.4) is 0 Å². The number of hydrogen-bond acceptors (Lipinski definition) is 8. The van der Waals surface area contributed by atoms with E-state index in [0.29, 0.717) is 55.1 Å². The standard InChI is InChI=1S/C22H26F2N6O2.C9H20/c1-22(2,32)19(31)17-10-16-18(11-26-17)27-20(25)21(28-16)30-7-5-29(6-8-30)12-13-9-14(23)3-4-15(13)24;1-4-6-7-8-9(3)5-2/h3-4,9-11,19,31-32H,5-8,12H2,1-2H3,(H2,25,27);9H,4-8H2,1-3H3. The van der Waals surface area contributed by atoms with Crippen molar-refractivity contribution in [1.82, 2.24) is 19.9 Å². The number of nitrogens with zero attached hydrogens (tertiary/aromatic N) is 5. The zero-order chi connectivity index (χ0) is 30.2. The molecule has 1 aliphatic rings. The summed E-state index contributed by atoms with van der Waals surface area (Å²) in [5.74, 6) is 0.860. The topological polar surface area (TPSA) is 112 Å². The van der Waals surface area contributed by atoms with Crippen LogP contribution in [0.1, 0.15) is 84.1 Å². The van der Waals surface area contributed by atoms with Crippen LogP contribution in [-0.4, -0.2) is 61.8 Å². The van der Waals surface area contributed by atoms with Crippen molar-refractivity contribution >= 4 is 22.7 Å². The Balaban J connectivity index is 0.000000445. The van der Waals surface area contributed by atoms with E-state index in [1.165, 1.54) is 58.2 Å². The Morgan fingerprint density at radius 3 is 2.37 bits per heavy atom. The number of aliphatic hydroxyl groups is 2. The van der Waals surface area contributed by atoms with Gasteiger partial charge < -0.3 is 20.8 Å². The summed E-state index contributed by atoms with van der Waals surface area (Å²) in [7, 11) is 0. The molecular weight excluding hydrogens is 526 g/mol. The van der Waals surface area contributed by atoms with E-state index in [2.05, 4.69) is 35.7 Å². The van der Waals surface area contributed by atoms with Crippen molar-refractivity contribution in [3.63, 3.8) is 0 Å². The van der Waals surface area contributed by atoms with Crippen molar-refractivity contribution in [2.75, 3.05) is 36.8 Å². The normalized spacial score (nSPS) is 15.9. The van der Waals surface area contributed by atoms with Gasteiger partial charge in [0.25, 0.3) is 0 Å². The maximum Gasteiger partial charge on any atom is 0.172 e. The van der Waals surface area contributed by atoms with Crippen molar-refractivity contribution < 1.29 is 19.0 Å². The van der Waals surface area contributed by atoms with Gasteiger partial charge in [-0.25, -0.2) is 18.7 Å². The van der Waals surface area contributed by atoms with Crippen molar-refractivity contribution in [3.05, 3.63) is 53.4 Å². The number of unbranched alkanes of at least 4 members (excludes halogenated alkanes) is 2. The Morgan fingerprint density at radius 1 is 1.02 bits per heavy atom. The number of nitrogens with two attached hydrogens (primary N) is 1. The number of pyridine rings is 1. The molecule has 8 nitrogen and oxygen atoms in total. The highest BCUT2D eigenvalue weighted by Crippen LogP contribution is 2.28. The molecule has 10 heteroatoms. The summed E-state index contributed by atoms with van der Waals surface area (Å²) in [4.78, 5) is 17.2. The first-order chi connectivity index (χ1) is 19.4. The van der Waals surface area contributed by atoms with Crippen molar-refractivity contribution in [2.24, 2.45) is 5.92 Å². The summed E-state index contributed by atoms with van der Waals surface area (Å²) in [5, 5.41) is 20.4. The number of aliphatic hydroxyl groups excluding tert-OH is 1. The number of rotatable bonds is 10. The van der Waals surface area contributed by atoms with Gasteiger partial charge in [-0.15, -0.1) is 0 Å². The minimum atomic E-state index is -1.36. The minimum absolute atomic E-state index is 0.264. The molecule has 3 heterocycles. The lowest BCUT2D eigenvalue weighted by molar-refractivity contribution is -0.0516. The summed E-state index contributed by atoms with van der Waals surface area (Å²) in [6, 6.07) is 5.07. The van der Waals surface area contributed by atoms with Crippen molar-refractivity contribution in [3.8, 4) is 0 Å². The number of anilines is 2. The van der Waals surface area contributed by atoms with E-state index in [0.717, 1.165) is 18.1 Å². The third-order valence-electron chi connectivity index (χ3n) is 7.60. The van der Waals surface area contributed by atoms with Crippen molar-refractivity contribution in [2.45, 2.75) is 85.0 Å². The first-order valence-electron chi connectivity index (χ1n) is 14.7. The Labute approximate surface area is 242 Å². The predicted molar refractivity (Wildman–Crippen MR) is 160 cm³/mol. The van der Waals surface area contributed by atoms with Gasteiger partial charge in [0.2, 0.25) is 0 Å². The summed E-state index contributed by atoms with van der Waals surface area (Å²) >= 11 is 0. The molecule has 4 N–H and O–H groups in total. The van der Waals surface area contributed by atoms with Gasteiger partial charge in [-0.1, -0.05) is 52.9 Å². The van der Waals surface area contributed by atoms with Crippen LogP contribution in [0.25, 0.3) is 11.0 Å². The monoisotopic (exact) mass is 572 g/mol. The van der Waals surface area contributed by atoms with Crippen LogP contribution in [0.5, 0.6) is 0 Å². The van der Waals surface area contributed by atoms with Gasteiger partial charge in [-0.3, -0.25) is 9.88 Å². The van der Waals surface area contributed by atoms with Gasteiger partial charge in [0.05, 0.1) is 23.0 Å². The summed E-state index contributed by atoms with van der Waals surface area (Å²) in [5.41, 5.74) is 6.39. The smallest absolute Gasteiger partial charge is 0.172 e. The number of fused-ring (bicyclic) bond motifs is 1. The molecule has 0 radical (unpaired) electrons. The maximum atomic E-state index is 14.0. The zero-order valence-corrected chi connectivity index (χ0v) is 25.1. The Kier molecular flexibility index (Phi) is 11.7. The summed E-state index contributed by atoms with van der Waals surface area (Å²) in [6.45, 7) is 12.6. The maximum absolute atomic E-state index is 14.0. The molecule has 0 aliphatic carbocycles. The van der Waals surface area contributed by atoms with Crippen LogP contribution < -0.4 is 10.6 Å². The van der Waals surface area contributed by atoms with E-state index in [4.69, 9.17) is 5.73 Å². The highest BCUT2D eigenvalue weighted by Gasteiger charge is 2.28. The Hall–Kier alpha value is -2.95. The molecule has 0 spiro atoms. The highest BCUT2D eigenvalue weighted by atomic mass is 19.1.